The summed E-state index contributed by atoms with van der Waals surface area (Å²) in [5, 5.41) is 3.39. The zero-order chi connectivity index (χ0) is 15.7. The molecule has 2 amide bonds. The molecule has 22 heavy (non-hydrogen) atoms. The lowest BCUT2D eigenvalue weighted by atomic mass is 10.2. The molecule has 2 aromatic carbocycles. The Labute approximate surface area is 131 Å². The lowest BCUT2D eigenvalue weighted by Gasteiger charge is -2.17. The first-order chi connectivity index (χ1) is 10.6. The summed E-state index contributed by atoms with van der Waals surface area (Å²) >= 11 is 6.03. The summed E-state index contributed by atoms with van der Waals surface area (Å²) in [5.41, 5.74) is 0.534. The Kier molecular flexibility index (Phi) is 3.81. The molecule has 1 aliphatic heterocycles. The topological polar surface area (TPSA) is 49.4 Å². The molecule has 4 nitrogen and oxygen atoms in total. The smallest absolute Gasteiger partial charge is 0.256 e. The molecule has 0 aliphatic carbocycles. The van der Waals surface area contributed by atoms with Crippen LogP contribution in [-0.2, 0) is 9.59 Å². The number of halogens is 2. The van der Waals surface area contributed by atoms with Gasteiger partial charge in [0.2, 0.25) is 5.91 Å². The van der Waals surface area contributed by atoms with Crippen molar-refractivity contribution in [2.75, 3.05) is 10.2 Å². The third kappa shape index (κ3) is 2.55. The summed E-state index contributed by atoms with van der Waals surface area (Å²) in [4.78, 5) is 25.4. The Hall–Kier alpha value is -2.40. The van der Waals surface area contributed by atoms with Gasteiger partial charge in [-0.15, -0.1) is 0 Å². The van der Waals surface area contributed by atoms with Crippen LogP contribution in [0.4, 0.5) is 15.8 Å². The second-order valence-electron chi connectivity index (χ2n) is 4.90. The molecular weight excluding hydrogens is 307 g/mol. The molecule has 0 radical (unpaired) electrons. The monoisotopic (exact) mass is 318 g/mol. The van der Waals surface area contributed by atoms with Gasteiger partial charge in [-0.3, -0.25) is 9.59 Å². The maximum atomic E-state index is 13.8. The number of nitrogens with one attached hydrogen (secondary N) is 1. The van der Waals surface area contributed by atoms with Crippen LogP contribution in [0.5, 0.6) is 0 Å². The highest BCUT2D eigenvalue weighted by Crippen LogP contribution is 2.28. The Balaban J connectivity index is 1.86. The molecule has 112 valence electrons. The normalized spacial score (nSPS) is 17.9. The SMILES string of the molecule is O=C1C[C@H](Nc2ccccc2Cl)C(=O)N1c1ccccc1F. The fourth-order valence-corrected chi connectivity index (χ4v) is 2.59. The van der Waals surface area contributed by atoms with E-state index in [1.807, 2.05) is 0 Å². The number of imide groups is 1. The molecule has 6 heteroatoms. The predicted molar refractivity (Wildman–Crippen MR) is 82.4 cm³/mol. The van der Waals surface area contributed by atoms with Crippen molar-refractivity contribution in [2.45, 2.75) is 12.5 Å². The third-order valence-electron chi connectivity index (χ3n) is 3.44. The number of carbonyl (C=O) groups excluding carboxylic acids is 2. The molecule has 0 unspecified atom stereocenters. The number of anilines is 2. The van der Waals surface area contributed by atoms with Crippen LogP contribution >= 0.6 is 11.6 Å². The van der Waals surface area contributed by atoms with Crippen LogP contribution < -0.4 is 10.2 Å². The van der Waals surface area contributed by atoms with Crippen LogP contribution in [0, 0.1) is 5.82 Å². The van der Waals surface area contributed by atoms with Crippen molar-refractivity contribution in [3.8, 4) is 0 Å². The predicted octanol–water partition coefficient (Wildman–Crippen LogP) is 3.22. The second kappa shape index (κ2) is 5.77. The molecule has 3 rings (SSSR count). The average Bonchev–Trinajstić information content (AvgIpc) is 2.77. The van der Waals surface area contributed by atoms with E-state index in [2.05, 4.69) is 5.32 Å². The molecule has 2 aromatic rings. The minimum absolute atomic E-state index is 0.0269. The number of amides is 2. The molecule has 1 N–H and O–H groups in total. The van der Waals surface area contributed by atoms with Crippen molar-refractivity contribution in [2.24, 2.45) is 0 Å². The van der Waals surface area contributed by atoms with Crippen LogP contribution in [0.1, 0.15) is 6.42 Å². The van der Waals surface area contributed by atoms with Crippen LogP contribution in [-0.4, -0.2) is 17.9 Å². The molecule has 1 heterocycles. The van der Waals surface area contributed by atoms with Gasteiger partial charge in [-0.1, -0.05) is 35.9 Å². The van der Waals surface area contributed by atoms with E-state index in [9.17, 15) is 14.0 Å². The van der Waals surface area contributed by atoms with Gasteiger partial charge in [-0.2, -0.15) is 0 Å². The van der Waals surface area contributed by atoms with E-state index >= 15 is 0 Å². The highest BCUT2D eigenvalue weighted by Gasteiger charge is 2.40. The third-order valence-corrected chi connectivity index (χ3v) is 3.77. The maximum Gasteiger partial charge on any atom is 0.256 e. The lowest BCUT2D eigenvalue weighted by molar-refractivity contribution is -0.121. The fourth-order valence-electron chi connectivity index (χ4n) is 2.40. The Morgan fingerprint density at radius 2 is 1.77 bits per heavy atom. The molecule has 0 spiro atoms. The molecule has 0 aromatic heterocycles. The number of hydrogen-bond acceptors (Lipinski definition) is 3. The molecule has 0 bridgehead atoms. The van der Waals surface area contributed by atoms with Crippen molar-refractivity contribution in [3.05, 3.63) is 59.4 Å². The molecule has 1 aliphatic rings. The zero-order valence-corrected chi connectivity index (χ0v) is 12.2. The van der Waals surface area contributed by atoms with Gasteiger partial charge in [-0.25, -0.2) is 9.29 Å². The van der Waals surface area contributed by atoms with Crippen LogP contribution in [0.2, 0.25) is 5.02 Å². The summed E-state index contributed by atoms with van der Waals surface area (Å²) < 4.78 is 13.8. The van der Waals surface area contributed by atoms with Gasteiger partial charge >= 0.3 is 0 Å². The number of rotatable bonds is 3. The molecular formula is C16H12ClFN2O2. The molecule has 1 saturated heterocycles. The van der Waals surface area contributed by atoms with Gasteiger partial charge in [0.05, 0.1) is 22.8 Å². The van der Waals surface area contributed by atoms with Crippen molar-refractivity contribution in [1.82, 2.24) is 0 Å². The summed E-state index contributed by atoms with van der Waals surface area (Å²) in [5.74, 6) is -1.54. The number of para-hydroxylation sites is 2. The molecule has 1 fully saturated rings. The van der Waals surface area contributed by atoms with Crippen molar-refractivity contribution in [3.63, 3.8) is 0 Å². The first-order valence-corrected chi connectivity index (χ1v) is 7.08. The van der Waals surface area contributed by atoms with Gasteiger partial charge in [0, 0.05) is 0 Å². The fraction of sp³-hybridized carbons (Fsp3) is 0.125. The van der Waals surface area contributed by atoms with E-state index in [0.29, 0.717) is 10.7 Å². The van der Waals surface area contributed by atoms with Gasteiger partial charge in [0.1, 0.15) is 11.9 Å². The van der Waals surface area contributed by atoms with Crippen molar-refractivity contribution in [1.29, 1.82) is 0 Å². The van der Waals surface area contributed by atoms with Crippen LogP contribution in [0.25, 0.3) is 0 Å². The highest BCUT2D eigenvalue weighted by atomic mass is 35.5. The minimum atomic E-state index is -0.757. The van der Waals surface area contributed by atoms with Crippen LogP contribution in [0.3, 0.4) is 0 Å². The van der Waals surface area contributed by atoms with E-state index in [1.165, 1.54) is 18.2 Å². The average molecular weight is 319 g/mol. The summed E-state index contributed by atoms with van der Waals surface area (Å²) in [6.45, 7) is 0. The molecule has 0 saturated carbocycles. The van der Waals surface area contributed by atoms with E-state index in [0.717, 1.165) is 4.90 Å². The highest BCUT2D eigenvalue weighted by molar-refractivity contribution is 6.33. The number of benzene rings is 2. The number of nitrogens with zero attached hydrogens (tertiary/aromatic N) is 1. The van der Waals surface area contributed by atoms with Gasteiger partial charge in [-0.05, 0) is 24.3 Å². The summed E-state index contributed by atoms with van der Waals surface area (Å²) in [6, 6.07) is 11.9. The van der Waals surface area contributed by atoms with Crippen LogP contribution in [0.15, 0.2) is 48.5 Å². The molecule has 1 atom stereocenters. The zero-order valence-electron chi connectivity index (χ0n) is 11.4. The minimum Gasteiger partial charge on any atom is -0.372 e. The van der Waals surface area contributed by atoms with Gasteiger partial charge in [0.25, 0.3) is 5.91 Å². The Morgan fingerprint density at radius 1 is 1.09 bits per heavy atom. The number of hydrogen-bond donors (Lipinski definition) is 1. The first kappa shape index (κ1) is 14.5. The number of carbonyl (C=O) groups is 2. The maximum absolute atomic E-state index is 13.8. The Bertz CT molecular complexity index is 750. The first-order valence-electron chi connectivity index (χ1n) is 6.70. The van der Waals surface area contributed by atoms with Crippen molar-refractivity contribution < 1.29 is 14.0 Å². The summed E-state index contributed by atoms with van der Waals surface area (Å²) in [6.07, 6.45) is -0.0433. The van der Waals surface area contributed by atoms with E-state index < -0.39 is 23.7 Å². The summed E-state index contributed by atoms with van der Waals surface area (Å²) in [7, 11) is 0. The second-order valence-corrected chi connectivity index (χ2v) is 5.31. The van der Waals surface area contributed by atoms with Crippen molar-refractivity contribution >= 4 is 34.8 Å². The largest absolute Gasteiger partial charge is 0.372 e. The lowest BCUT2D eigenvalue weighted by Crippen LogP contribution is -2.35. The van der Waals surface area contributed by atoms with Gasteiger partial charge < -0.3 is 5.32 Å². The quantitative estimate of drug-likeness (QED) is 0.884. The van der Waals surface area contributed by atoms with E-state index in [4.69, 9.17) is 11.6 Å². The van der Waals surface area contributed by atoms with E-state index in [-0.39, 0.29) is 12.1 Å². The van der Waals surface area contributed by atoms with Gasteiger partial charge in [0.15, 0.2) is 0 Å². The Morgan fingerprint density at radius 3 is 2.50 bits per heavy atom. The van der Waals surface area contributed by atoms with E-state index in [1.54, 1.807) is 30.3 Å². The standard InChI is InChI=1S/C16H12ClFN2O2/c17-10-5-1-3-7-12(10)19-13-9-15(21)20(16(13)22)14-8-4-2-6-11(14)18/h1-8,13,19H,9H2/t13-/m0/s1.